The highest BCUT2D eigenvalue weighted by Gasteiger charge is 2.09. The molecule has 3 rings (SSSR count). The third kappa shape index (κ3) is 3.63. The summed E-state index contributed by atoms with van der Waals surface area (Å²) < 4.78 is 5.55. The van der Waals surface area contributed by atoms with Crippen LogP contribution in [0, 0.1) is 6.92 Å². The van der Waals surface area contributed by atoms with E-state index >= 15 is 0 Å². The van der Waals surface area contributed by atoms with E-state index in [4.69, 9.17) is 10.5 Å². The standard InChI is InChI=1S/C21H19NO2/c1-15-7-12-21(19(22)13-15)24-14-20(23)18-10-8-17(9-11-18)16-5-3-2-4-6-16/h2-13H,14,22H2,1H3. The van der Waals surface area contributed by atoms with Gasteiger partial charge in [-0.1, -0.05) is 60.7 Å². The van der Waals surface area contributed by atoms with Crippen LogP contribution in [0.15, 0.2) is 72.8 Å². The summed E-state index contributed by atoms with van der Waals surface area (Å²) in [5.74, 6) is 0.462. The molecular formula is C21H19NO2. The molecule has 0 amide bonds. The number of nitrogen functional groups attached to an aromatic ring is 1. The molecule has 0 atom stereocenters. The molecule has 120 valence electrons. The van der Waals surface area contributed by atoms with Gasteiger partial charge in [0.05, 0.1) is 5.69 Å². The lowest BCUT2D eigenvalue weighted by atomic mass is 10.0. The molecular weight excluding hydrogens is 298 g/mol. The maximum absolute atomic E-state index is 12.3. The molecule has 0 fully saturated rings. The minimum absolute atomic E-state index is 0.0298. The van der Waals surface area contributed by atoms with E-state index in [0.717, 1.165) is 16.7 Å². The van der Waals surface area contributed by atoms with Crippen LogP contribution in [0.4, 0.5) is 5.69 Å². The second-order valence-corrected chi connectivity index (χ2v) is 5.70. The van der Waals surface area contributed by atoms with E-state index in [2.05, 4.69) is 0 Å². The molecule has 0 saturated heterocycles. The Morgan fingerprint density at radius 2 is 1.58 bits per heavy atom. The molecule has 0 aromatic heterocycles. The fourth-order valence-corrected chi connectivity index (χ4v) is 2.51. The van der Waals surface area contributed by atoms with E-state index in [9.17, 15) is 4.79 Å². The highest BCUT2D eigenvalue weighted by Crippen LogP contribution is 2.23. The molecule has 3 heteroatoms. The first kappa shape index (κ1) is 15.8. The molecule has 0 radical (unpaired) electrons. The number of nitrogens with two attached hydrogens (primary N) is 1. The molecule has 0 unspecified atom stereocenters. The lowest BCUT2D eigenvalue weighted by Gasteiger charge is -2.09. The second-order valence-electron chi connectivity index (χ2n) is 5.70. The third-order valence-electron chi connectivity index (χ3n) is 3.84. The Balaban J connectivity index is 1.67. The van der Waals surface area contributed by atoms with Crippen LogP contribution in [0.5, 0.6) is 5.75 Å². The minimum atomic E-state index is -0.0745. The van der Waals surface area contributed by atoms with Crippen LogP contribution in [-0.2, 0) is 0 Å². The maximum atomic E-state index is 12.3. The first-order valence-corrected chi connectivity index (χ1v) is 7.81. The Labute approximate surface area is 141 Å². The molecule has 0 aliphatic rings. The zero-order valence-corrected chi connectivity index (χ0v) is 13.5. The zero-order valence-electron chi connectivity index (χ0n) is 13.5. The summed E-state index contributed by atoms with van der Waals surface area (Å²) in [5, 5.41) is 0. The van der Waals surface area contributed by atoms with Crippen LogP contribution in [-0.4, -0.2) is 12.4 Å². The molecule has 24 heavy (non-hydrogen) atoms. The number of benzene rings is 3. The third-order valence-corrected chi connectivity index (χ3v) is 3.84. The van der Waals surface area contributed by atoms with Gasteiger partial charge in [0.2, 0.25) is 0 Å². The summed E-state index contributed by atoms with van der Waals surface area (Å²) in [6, 6.07) is 23.1. The fourth-order valence-electron chi connectivity index (χ4n) is 2.51. The van der Waals surface area contributed by atoms with Gasteiger partial charge in [0.25, 0.3) is 0 Å². The van der Waals surface area contributed by atoms with Crippen molar-refractivity contribution in [3.8, 4) is 16.9 Å². The van der Waals surface area contributed by atoms with Gasteiger partial charge < -0.3 is 10.5 Å². The fraction of sp³-hybridized carbons (Fsp3) is 0.0952. The van der Waals surface area contributed by atoms with Gasteiger partial charge in [-0.05, 0) is 35.7 Å². The summed E-state index contributed by atoms with van der Waals surface area (Å²) in [4.78, 5) is 12.3. The number of carbonyl (C=O) groups is 1. The largest absolute Gasteiger partial charge is 0.483 e. The molecule has 0 saturated carbocycles. The highest BCUT2D eigenvalue weighted by molar-refractivity contribution is 5.97. The van der Waals surface area contributed by atoms with Gasteiger partial charge in [-0.2, -0.15) is 0 Å². The average Bonchev–Trinajstić information content (AvgIpc) is 2.62. The summed E-state index contributed by atoms with van der Waals surface area (Å²) in [7, 11) is 0. The topological polar surface area (TPSA) is 52.3 Å². The van der Waals surface area contributed by atoms with E-state index in [1.165, 1.54) is 0 Å². The monoisotopic (exact) mass is 317 g/mol. The Hall–Kier alpha value is -3.07. The number of hydrogen-bond acceptors (Lipinski definition) is 3. The van der Waals surface area contributed by atoms with Crippen LogP contribution in [0.2, 0.25) is 0 Å². The predicted octanol–water partition coefficient (Wildman–Crippen LogP) is 4.51. The van der Waals surface area contributed by atoms with Gasteiger partial charge in [0, 0.05) is 5.56 Å². The summed E-state index contributed by atoms with van der Waals surface area (Å²) in [5.41, 5.74) is 10.3. The molecule has 0 bridgehead atoms. The van der Waals surface area contributed by atoms with Crippen molar-refractivity contribution in [2.24, 2.45) is 0 Å². The highest BCUT2D eigenvalue weighted by atomic mass is 16.5. The zero-order chi connectivity index (χ0) is 16.9. The van der Waals surface area contributed by atoms with Gasteiger partial charge in [0.1, 0.15) is 5.75 Å². The lowest BCUT2D eigenvalue weighted by Crippen LogP contribution is -2.12. The van der Waals surface area contributed by atoms with E-state index in [0.29, 0.717) is 17.0 Å². The molecule has 3 nitrogen and oxygen atoms in total. The van der Waals surface area contributed by atoms with Crippen LogP contribution < -0.4 is 10.5 Å². The quantitative estimate of drug-likeness (QED) is 0.556. The van der Waals surface area contributed by atoms with E-state index in [1.54, 1.807) is 6.07 Å². The number of aryl methyl sites for hydroxylation is 1. The summed E-state index contributed by atoms with van der Waals surface area (Å²) in [6.07, 6.45) is 0. The second kappa shape index (κ2) is 7.01. The summed E-state index contributed by atoms with van der Waals surface area (Å²) in [6.45, 7) is 1.93. The summed E-state index contributed by atoms with van der Waals surface area (Å²) >= 11 is 0. The van der Waals surface area contributed by atoms with Crippen molar-refractivity contribution in [3.05, 3.63) is 83.9 Å². The number of Topliss-reactive ketones (excluding diaryl/α,β-unsaturated/α-hetero) is 1. The number of carbonyl (C=O) groups excluding carboxylic acids is 1. The molecule has 2 N–H and O–H groups in total. The first-order valence-electron chi connectivity index (χ1n) is 7.81. The molecule has 0 spiro atoms. The maximum Gasteiger partial charge on any atom is 0.200 e. The van der Waals surface area contributed by atoms with Crippen LogP contribution in [0.1, 0.15) is 15.9 Å². The van der Waals surface area contributed by atoms with Gasteiger partial charge in [-0.25, -0.2) is 0 Å². The number of ketones is 1. The van der Waals surface area contributed by atoms with Crippen molar-refractivity contribution < 1.29 is 9.53 Å². The molecule has 0 heterocycles. The number of rotatable bonds is 5. The van der Waals surface area contributed by atoms with Crippen LogP contribution in [0.25, 0.3) is 11.1 Å². The smallest absolute Gasteiger partial charge is 0.200 e. The molecule has 0 aliphatic heterocycles. The Kier molecular flexibility index (Phi) is 4.62. The lowest BCUT2D eigenvalue weighted by molar-refractivity contribution is 0.0922. The van der Waals surface area contributed by atoms with Crippen molar-refractivity contribution in [3.63, 3.8) is 0 Å². The van der Waals surface area contributed by atoms with Crippen molar-refractivity contribution in [2.75, 3.05) is 12.3 Å². The first-order chi connectivity index (χ1) is 11.6. The van der Waals surface area contributed by atoms with Crippen LogP contribution >= 0.6 is 0 Å². The van der Waals surface area contributed by atoms with Gasteiger partial charge >= 0.3 is 0 Å². The van der Waals surface area contributed by atoms with Gasteiger partial charge in [-0.15, -0.1) is 0 Å². The van der Waals surface area contributed by atoms with Crippen LogP contribution in [0.3, 0.4) is 0 Å². The average molecular weight is 317 g/mol. The van der Waals surface area contributed by atoms with E-state index in [-0.39, 0.29) is 12.4 Å². The Bertz CT molecular complexity index is 839. The number of anilines is 1. The van der Waals surface area contributed by atoms with Gasteiger partial charge in [0.15, 0.2) is 12.4 Å². The van der Waals surface area contributed by atoms with Gasteiger partial charge in [-0.3, -0.25) is 4.79 Å². The van der Waals surface area contributed by atoms with E-state index < -0.39 is 0 Å². The SMILES string of the molecule is Cc1ccc(OCC(=O)c2ccc(-c3ccccc3)cc2)c(N)c1. The number of ether oxygens (including phenoxy) is 1. The van der Waals surface area contributed by atoms with Crippen molar-refractivity contribution in [1.82, 2.24) is 0 Å². The minimum Gasteiger partial charge on any atom is -0.483 e. The number of hydrogen-bond donors (Lipinski definition) is 1. The normalized spacial score (nSPS) is 10.4. The molecule has 0 aliphatic carbocycles. The molecule has 3 aromatic rings. The van der Waals surface area contributed by atoms with Crippen molar-refractivity contribution in [2.45, 2.75) is 6.92 Å². The molecule has 3 aromatic carbocycles. The predicted molar refractivity (Wildman–Crippen MR) is 97.3 cm³/mol. The van der Waals surface area contributed by atoms with Crippen molar-refractivity contribution >= 4 is 11.5 Å². The van der Waals surface area contributed by atoms with E-state index in [1.807, 2.05) is 73.7 Å². The Morgan fingerprint density at radius 1 is 0.917 bits per heavy atom. The Morgan fingerprint density at radius 3 is 2.25 bits per heavy atom. The van der Waals surface area contributed by atoms with Crippen molar-refractivity contribution in [1.29, 1.82) is 0 Å².